The fourth-order valence-electron chi connectivity index (χ4n) is 2.62. The van der Waals surface area contributed by atoms with Crippen molar-refractivity contribution in [1.29, 1.82) is 5.26 Å². The first-order valence-corrected chi connectivity index (χ1v) is 10.2. The van der Waals surface area contributed by atoms with Crippen LogP contribution < -0.4 is 15.5 Å². The molecule has 0 aromatic heterocycles. The lowest BCUT2D eigenvalue weighted by atomic mass is 10.2. The van der Waals surface area contributed by atoms with Crippen molar-refractivity contribution in [2.45, 2.75) is 9.79 Å². The van der Waals surface area contributed by atoms with Gasteiger partial charge in [0.15, 0.2) is 0 Å². The second-order valence-corrected chi connectivity index (χ2v) is 7.74. The van der Waals surface area contributed by atoms with Crippen LogP contribution in [0.5, 0.6) is 0 Å². The van der Waals surface area contributed by atoms with Gasteiger partial charge in [-0.25, -0.2) is 0 Å². The Morgan fingerprint density at radius 3 is 2.30 bits per heavy atom. The second kappa shape index (κ2) is 10.2. The summed E-state index contributed by atoms with van der Waals surface area (Å²) in [5.41, 5.74) is 2.51. The second-order valence-electron chi connectivity index (χ2n) is 6.62. The van der Waals surface area contributed by atoms with E-state index in [0.717, 1.165) is 21.2 Å². The largest absolute Gasteiger partial charge is 0.378 e. The minimum Gasteiger partial charge on any atom is -0.378 e. The summed E-state index contributed by atoms with van der Waals surface area (Å²) in [7, 11) is 3.93. The number of rotatable bonds is 7. The van der Waals surface area contributed by atoms with Gasteiger partial charge in [-0.05, 0) is 48.5 Å². The van der Waals surface area contributed by atoms with Crippen molar-refractivity contribution in [2.75, 3.05) is 29.6 Å². The molecule has 0 aliphatic heterocycles. The van der Waals surface area contributed by atoms with Crippen LogP contribution in [-0.4, -0.2) is 20.0 Å². The molecule has 30 heavy (non-hydrogen) atoms. The van der Waals surface area contributed by atoms with E-state index in [4.69, 9.17) is 0 Å². The van der Waals surface area contributed by atoms with Gasteiger partial charge in [-0.3, -0.25) is 4.79 Å². The van der Waals surface area contributed by atoms with Crippen molar-refractivity contribution >= 4 is 34.7 Å². The Bertz CT molecular complexity index is 1070. The summed E-state index contributed by atoms with van der Waals surface area (Å²) >= 11 is 1.55. The molecule has 3 aromatic rings. The van der Waals surface area contributed by atoms with E-state index >= 15 is 0 Å². The van der Waals surface area contributed by atoms with E-state index in [2.05, 4.69) is 10.6 Å². The number of hydrogen-bond donors (Lipinski definition) is 2. The van der Waals surface area contributed by atoms with Gasteiger partial charge in [-0.15, -0.1) is 0 Å². The average Bonchev–Trinajstić information content (AvgIpc) is 2.76. The van der Waals surface area contributed by atoms with Crippen LogP contribution in [0, 0.1) is 11.3 Å². The molecule has 2 N–H and O–H groups in total. The summed E-state index contributed by atoms with van der Waals surface area (Å²) in [5, 5.41) is 15.3. The number of para-hydroxylation sites is 1. The van der Waals surface area contributed by atoms with Gasteiger partial charge in [-0.2, -0.15) is 5.26 Å². The highest BCUT2D eigenvalue weighted by Gasteiger charge is 2.12. The topological polar surface area (TPSA) is 68.2 Å². The molecule has 3 aromatic carbocycles. The zero-order valence-corrected chi connectivity index (χ0v) is 17.6. The van der Waals surface area contributed by atoms with Crippen molar-refractivity contribution in [1.82, 2.24) is 0 Å². The van der Waals surface area contributed by atoms with Crippen molar-refractivity contribution in [3.8, 4) is 6.07 Å². The summed E-state index contributed by atoms with van der Waals surface area (Å²) in [5.74, 6) is -0.462. The Labute approximate surface area is 181 Å². The maximum atomic E-state index is 12.7. The standard InChI is InChI=1S/C24H22N4OS/c1-28(2)20-14-12-19(13-15-20)26-17-18(16-25)24(29)27-22-10-6-7-11-23(22)30-21-8-4-3-5-9-21/h3-15,17,26H,1-2H3,(H,27,29)/b18-17-. The molecule has 0 fully saturated rings. The fourth-order valence-corrected chi connectivity index (χ4v) is 3.55. The van der Waals surface area contributed by atoms with E-state index < -0.39 is 5.91 Å². The molecule has 150 valence electrons. The predicted molar refractivity (Wildman–Crippen MR) is 124 cm³/mol. The molecule has 0 saturated heterocycles. The van der Waals surface area contributed by atoms with Gasteiger partial charge in [0.2, 0.25) is 0 Å². The number of hydrogen-bond acceptors (Lipinski definition) is 5. The van der Waals surface area contributed by atoms with Crippen LogP contribution >= 0.6 is 11.8 Å². The molecule has 6 heteroatoms. The molecule has 0 spiro atoms. The monoisotopic (exact) mass is 414 g/mol. The minimum absolute atomic E-state index is 0.00815. The van der Waals surface area contributed by atoms with Crippen LogP contribution in [0.15, 0.2) is 100 Å². The molecule has 0 atom stereocenters. The number of nitrogens with zero attached hydrogens (tertiary/aromatic N) is 2. The number of benzene rings is 3. The Morgan fingerprint density at radius 1 is 0.967 bits per heavy atom. The van der Waals surface area contributed by atoms with Gasteiger partial charge in [0.25, 0.3) is 5.91 Å². The van der Waals surface area contributed by atoms with E-state index in [-0.39, 0.29) is 5.57 Å². The number of nitrogens with one attached hydrogen (secondary N) is 2. The Kier molecular flexibility index (Phi) is 7.14. The van der Waals surface area contributed by atoms with Crippen molar-refractivity contribution < 1.29 is 4.79 Å². The quantitative estimate of drug-likeness (QED) is 0.402. The zero-order valence-electron chi connectivity index (χ0n) is 16.8. The summed E-state index contributed by atoms with van der Waals surface area (Å²) < 4.78 is 0. The average molecular weight is 415 g/mol. The Hall–Kier alpha value is -3.69. The SMILES string of the molecule is CN(C)c1ccc(N/C=C(/C#N)C(=O)Nc2ccccc2Sc2ccccc2)cc1. The van der Waals surface area contributed by atoms with Gasteiger partial charge >= 0.3 is 0 Å². The van der Waals surface area contributed by atoms with E-state index in [1.165, 1.54) is 6.20 Å². The van der Waals surface area contributed by atoms with Crippen LogP contribution in [0.2, 0.25) is 0 Å². The maximum absolute atomic E-state index is 12.7. The first kappa shape index (κ1) is 21.0. The summed E-state index contributed by atoms with van der Waals surface area (Å²) in [4.78, 5) is 16.6. The van der Waals surface area contributed by atoms with E-state index in [1.807, 2.05) is 104 Å². The van der Waals surface area contributed by atoms with Gasteiger partial charge < -0.3 is 15.5 Å². The number of carbonyl (C=O) groups excluding carboxylic acids is 1. The molecule has 0 saturated carbocycles. The third-order valence-corrected chi connectivity index (χ3v) is 5.32. The van der Waals surface area contributed by atoms with Crippen molar-refractivity contribution in [3.63, 3.8) is 0 Å². The lowest BCUT2D eigenvalue weighted by molar-refractivity contribution is -0.112. The fraction of sp³-hybridized carbons (Fsp3) is 0.0833. The van der Waals surface area contributed by atoms with Crippen LogP contribution in [0.4, 0.5) is 17.1 Å². The molecule has 0 heterocycles. The third kappa shape index (κ3) is 5.66. The molecule has 3 rings (SSSR count). The van der Waals surface area contributed by atoms with Gasteiger partial charge in [0, 0.05) is 41.5 Å². The lowest BCUT2D eigenvalue weighted by Crippen LogP contribution is -2.15. The predicted octanol–water partition coefficient (Wildman–Crippen LogP) is 5.36. The summed E-state index contributed by atoms with van der Waals surface area (Å²) in [6.07, 6.45) is 1.42. The van der Waals surface area contributed by atoms with Crippen LogP contribution in [0.3, 0.4) is 0 Å². The molecular formula is C24H22N4OS. The number of amides is 1. The highest BCUT2D eigenvalue weighted by molar-refractivity contribution is 7.99. The minimum atomic E-state index is -0.462. The third-order valence-electron chi connectivity index (χ3n) is 4.24. The highest BCUT2D eigenvalue weighted by Crippen LogP contribution is 2.33. The number of nitriles is 1. The molecule has 1 amide bonds. The Balaban J connectivity index is 1.71. The molecule has 0 unspecified atom stereocenters. The smallest absolute Gasteiger partial charge is 0.267 e. The number of carbonyl (C=O) groups is 1. The van der Waals surface area contributed by atoms with E-state index in [0.29, 0.717) is 5.69 Å². The first-order chi connectivity index (χ1) is 14.6. The molecule has 0 aliphatic rings. The van der Waals surface area contributed by atoms with E-state index in [1.54, 1.807) is 11.8 Å². The van der Waals surface area contributed by atoms with Gasteiger partial charge in [-0.1, -0.05) is 42.1 Å². The van der Waals surface area contributed by atoms with Crippen LogP contribution in [0.25, 0.3) is 0 Å². The van der Waals surface area contributed by atoms with E-state index in [9.17, 15) is 10.1 Å². The molecule has 0 bridgehead atoms. The Morgan fingerprint density at radius 2 is 1.63 bits per heavy atom. The number of anilines is 3. The van der Waals surface area contributed by atoms with Crippen LogP contribution in [0.1, 0.15) is 0 Å². The van der Waals surface area contributed by atoms with Crippen LogP contribution in [-0.2, 0) is 4.79 Å². The highest BCUT2D eigenvalue weighted by atomic mass is 32.2. The first-order valence-electron chi connectivity index (χ1n) is 9.34. The lowest BCUT2D eigenvalue weighted by Gasteiger charge is -2.13. The molecule has 5 nitrogen and oxygen atoms in total. The van der Waals surface area contributed by atoms with Gasteiger partial charge in [0.05, 0.1) is 5.69 Å². The normalized spacial score (nSPS) is 10.8. The van der Waals surface area contributed by atoms with Crippen molar-refractivity contribution in [2.24, 2.45) is 0 Å². The summed E-state index contributed by atoms with van der Waals surface area (Å²) in [6, 6.07) is 27.1. The molecule has 0 aliphatic carbocycles. The maximum Gasteiger partial charge on any atom is 0.267 e. The summed E-state index contributed by atoms with van der Waals surface area (Å²) in [6.45, 7) is 0. The molecule has 0 radical (unpaired) electrons. The van der Waals surface area contributed by atoms with Gasteiger partial charge in [0.1, 0.15) is 11.6 Å². The zero-order chi connectivity index (χ0) is 21.3. The molecular weight excluding hydrogens is 392 g/mol. The van der Waals surface area contributed by atoms with Crippen molar-refractivity contribution in [3.05, 3.63) is 90.6 Å².